The van der Waals surface area contributed by atoms with Gasteiger partial charge in [0.2, 0.25) is 11.8 Å². The maximum Gasteiger partial charge on any atom is 0.407 e. The van der Waals surface area contributed by atoms with Crippen molar-refractivity contribution in [3.05, 3.63) is 90.1 Å². The minimum absolute atomic E-state index is 0.260. The summed E-state index contributed by atoms with van der Waals surface area (Å²) in [4.78, 5) is 57.7. The molecule has 13 heteroatoms. The molecule has 0 spiro atoms. The number of carbonyl (C=O) groups excluding carboxylic acids is 4. The van der Waals surface area contributed by atoms with E-state index >= 15 is 0 Å². The standard InChI is InChI=1S/C43H61N5O7S/c1-11-56-28(2)55-35(34(26-29-17-13-12-14-18-29)46-39(50)37(43(6,7)8)48-41(52)54-10)27-32(45-38(49)36(42(3,4)5)47-40(51)53-9)25-30-20-22-31(23-21-30)33-19-15-16-24-44-33/h12-24,28,32,34-37H,11,25-27H2,1-10H3,(H,45,49)(H,46,50)(H,47,51)(H,48,52)/t28?,32-,34-,35-,36+,37+/m0/s1. The van der Waals surface area contributed by atoms with Gasteiger partial charge in [0, 0.05) is 17.8 Å². The maximum atomic E-state index is 14.2. The molecule has 0 saturated heterocycles. The molecular weight excluding hydrogens is 731 g/mol. The van der Waals surface area contributed by atoms with Gasteiger partial charge in [-0.05, 0) is 66.0 Å². The first-order valence-electron chi connectivity index (χ1n) is 19.1. The summed E-state index contributed by atoms with van der Waals surface area (Å²) in [6.07, 6.45) is 0.814. The summed E-state index contributed by atoms with van der Waals surface area (Å²) in [6, 6.07) is 20.6. The zero-order valence-electron chi connectivity index (χ0n) is 34.5. The van der Waals surface area contributed by atoms with Gasteiger partial charge in [-0.15, -0.1) is 11.8 Å². The fraction of sp³-hybridized carbons (Fsp3) is 0.512. The SMILES string of the molecule is CCSC(C)O[C@@H](C[C@H](Cc1ccc(-c2ccccn2)cc1)NC(=O)[C@@H](NC(=O)OC)C(C)(C)C)[C@H](Cc1ccccc1)NC(=O)[C@@H](NC(=O)OC)C(C)(C)C. The molecule has 1 aromatic heterocycles. The lowest BCUT2D eigenvalue weighted by molar-refractivity contribution is -0.129. The van der Waals surface area contributed by atoms with E-state index in [0.29, 0.717) is 19.3 Å². The molecule has 4 amide bonds. The summed E-state index contributed by atoms with van der Waals surface area (Å²) in [7, 11) is 2.52. The first-order valence-corrected chi connectivity index (χ1v) is 20.1. The molecule has 2 aromatic carbocycles. The minimum Gasteiger partial charge on any atom is -0.453 e. The number of amides is 4. The molecule has 0 aliphatic heterocycles. The van der Waals surface area contributed by atoms with Crippen LogP contribution in [-0.2, 0) is 36.6 Å². The number of nitrogens with one attached hydrogen (secondary N) is 4. The van der Waals surface area contributed by atoms with Crippen LogP contribution in [0, 0.1) is 10.8 Å². The van der Waals surface area contributed by atoms with Crippen molar-refractivity contribution in [1.82, 2.24) is 26.3 Å². The molecule has 0 aliphatic rings. The van der Waals surface area contributed by atoms with Gasteiger partial charge < -0.3 is 35.5 Å². The monoisotopic (exact) mass is 791 g/mol. The number of hydrogen-bond donors (Lipinski definition) is 4. The van der Waals surface area contributed by atoms with Crippen LogP contribution in [-0.4, -0.2) is 84.7 Å². The predicted octanol–water partition coefficient (Wildman–Crippen LogP) is 6.92. The number of ether oxygens (including phenoxy) is 3. The Balaban J connectivity index is 2.11. The van der Waals surface area contributed by atoms with Crippen molar-refractivity contribution in [3.8, 4) is 11.3 Å². The third-order valence-electron chi connectivity index (χ3n) is 9.25. The van der Waals surface area contributed by atoms with Crippen LogP contribution in [0.3, 0.4) is 0 Å². The van der Waals surface area contributed by atoms with Gasteiger partial charge in [-0.3, -0.25) is 14.6 Å². The molecule has 0 bridgehead atoms. The second kappa shape index (κ2) is 21.6. The largest absolute Gasteiger partial charge is 0.453 e. The second-order valence-corrected chi connectivity index (χ2v) is 17.5. The van der Waals surface area contributed by atoms with Gasteiger partial charge in [0.25, 0.3) is 0 Å². The van der Waals surface area contributed by atoms with Crippen LogP contribution < -0.4 is 21.3 Å². The lowest BCUT2D eigenvalue weighted by Gasteiger charge is -2.37. The van der Waals surface area contributed by atoms with Crippen LogP contribution >= 0.6 is 11.8 Å². The molecule has 0 fully saturated rings. The normalized spacial score (nSPS) is 14.9. The Hall–Kier alpha value is -4.62. The van der Waals surface area contributed by atoms with Crippen molar-refractivity contribution in [3.63, 3.8) is 0 Å². The topological polar surface area (TPSA) is 157 Å². The van der Waals surface area contributed by atoms with Gasteiger partial charge in [-0.25, -0.2) is 9.59 Å². The van der Waals surface area contributed by atoms with Crippen molar-refractivity contribution in [2.45, 2.75) is 110 Å². The molecule has 4 N–H and O–H groups in total. The Morgan fingerprint density at radius 3 is 1.73 bits per heavy atom. The molecule has 56 heavy (non-hydrogen) atoms. The summed E-state index contributed by atoms with van der Waals surface area (Å²) in [5.41, 5.74) is 2.14. The number of benzene rings is 2. The van der Waals surface area contributed by atoms with E-state index in [9.17, 15) is 19.2 Å². The molecule has 1 unspecified atom stereocenters. The number of rotatable bonds is 18. The first-order chi connectivity index (χ1) is 26.4. The Morgan fingerprint density at radius 1 is 0.696 bits per heavy atom. The predicted molar refractivity (Wildman–Crippen MR) is 222 cm³/mol. The zero-order chi connectivity index (χ0) is 41.5. The zero-order valence-corrected chi connectivity index (χ0v) is 35.3. The van der Waals surface area contributed by atoms with Gasteiger partial charge >= 0.3 is 12.2 Å². The second-order valence-electron chi connectivity index (χ2n) is 15.9. The number of pyridine rings is 1. The lowest BCUT2D eigenvalue weighted by Crippen LogP contribution is -2.59. The van der Waals surface area contributed by atoms with E-state index in [-0.39, 0.29) is 11.3 Å². The molecule has 0 saturated carbocycles. The number of thioether (sulfide) groups is 1. The molecule has 12 nitrogen and oxygen atoms in total. The van der Waals surface area contributed by atoms with Crippen LogP contribution in [0.2, 0.25) is 0 Å². The van der Waals surface area contributed by atoms with Crippen LogP contribution in [0.5, 0.6) is 0 Å². The van der Waals surface area contributed by atoms with Gasteiger partial charge in [0.1, 0.15) is 17.5 Å². The summed E-state index contributed by atoms with van der Waals surface area (Å²) in [5, 5.41) is 11.9. The van der Waals surface area contributed by atoms with Crippen LogP contribution in [0.4, 0.5) is 9.59 Å². The fourth-order valence-electron chi connectivity index (χ4n) is 6.34. The van der Waals surface area contributed by atoms with E-state index in [0.717, 1.165) is 28.1 Å². The minimum atomic E-state index is -0.929. The van der Waals surface area contributed by atoms with E-state index in [1.54, 1.807) is 18.0 Å². The molecule has 6 atom stereocenters. The van der Waals surface area contributed by atoms with Crippen molar-refractivity contribution in [2.75, 3.05) is 20.0 Å². The molecule has 0 radical (unpaired) electrons. The summed E-state index contributed by atoms with van der Waals surface area (Å²) >= 11 is 1.62. The Labute approximate surface area is 337 Å². The lowest BCUT2D eigenvalue weighted by atomic mass is 9.85. The summed E-state index contributed by atoms with van der Waals surface area (Å²) in [6.45, 7) is 15.2. The van der Waals surface area contributed by atoms with Gasteiger partial charge in [-0.1, -0.05) is 109 Å². The van der Waals surface area contributed by atoms with E-state index in [2.05, 4.69) is 26.3 Å². The van der Waals surface area contributed by atoms with Crippen molar-refractivity contribution < 1.29 is 33.4 Å². The summed E-state index contributed by atoms with van der Waals surface area (Å²) < 4.78 is 16.6. The quantitative estimate of drug-likeness (QED) is 0.101. The maximum absolute atomic E-state index is 14.2. The van der Waals surface area contributed by atoms with Crippen LogP contribution in [0.25, 0.3) is 11.3 Å². The molecule has 306 valence electrons. The number of nitrogens with zero attached hydrogens (tertiary/aromatic N) is 1. The van der Waals surface area contributed by atoms with Gasteiger partial charge in [0.05, 0.1) is 32.1 Å². The molecule has 3 rings (SSSR count). The van der Waals surface area contributed by atoms with Gasteiger partial charge in [-0.2, -0.15) is 0 Å². The fourth-order valence-corrected chi connectivity index (χ4v) is 7.03. The first kappa shape index (κ1) is 45.8. The highest BCUT2D eigenvalue weighted by atomic mass is 32.2. The Morgan fingerprint density at radius 2 is 1.23 bits per heavy atom. The van der Waals surface area contributed by atoms with Crippen molar-refractivity contribution >= 4 is 35.8 Å². The van der Waals surface area contributed by atoms with Gasteiger partial charge in [0.15, 0.2) is 0 Å². The average Bonchev–Trinajstić information content (AvgIpc) is 3.15. The number of alkyl carbamates (subject to hydrolysis) is 2. The van der Waals surface area contributed by atoms with E-state index in [4.69, 9.17) is 14.2 Å². The highest BCUT2D eigenvalue weighted by Gasteiger charge is 2.38. The highest BCUT2D eigenvalue weighted by molar-refractivity contribution is 7.99. The highest BCUT2D eigenvalue weighted by Crippen LogP contribution is 2.26. The van der Waals surface area contributed by atoms with E-state index in [1.807, 2.05) is 128 Å². The number of hydrogen-bond acceptors (Lipinski definition) is 9. The summed E-state index contributed by atoms with van der Waals surface area (Å²) in [5.74, 6) is 0.0222. The Kier molecular flexibility index (Phi) is 17.7. The smallest absolute Gasteiger partial charge is 0.407 e. The van der Waals surface area contributed by atoms with Crippen molar-refractivity contribution in [1.29, 1.82) is 0 Å². The number of methoxy groups -OCH3 is 2. The number of aromatic nitrogens is 1. The Bertz CT molecular complexity index is 1680. The van der Waals surface area contributed by atoms with Crippen LogP contribution in [0.15, 0.2) is 79.0 Å². The van der Waals surface area contributed by atoms with Crippen molar-refractivity contribution in [2.24, 2.45) is 10.8 Å². The third kappa shape index (κ3) is 14.8. The van der Waals surface area contributed by atoms with E-state index < -0.39 is 59.2 Å². The molecule has 3 aromatic rings. The third-order valence-corrected chi connectivity index (χ3v) is 10.2. The molecular formula is C43H61N5O7S. The average molecular weight is 792 g/mol. The molecule has 1 heterocycles. The molecule has 0 aliphatic carbocycles. The number of carbonyl (C=O) groups is 4. The van der Waals surface area contributed by atoms with E-state index in [1.165, 1.54) is 14.2 Å². The van der Waals surface area contributed by atoms with Crippen LogP contribution in [0.1, 0.15) is 72.9 Å².